The topological polar surface area (TPSA) is 55.5 Å². The summed E-state index contributed by atoms with van der Waals surface area (Å²) in [7, 11) is 3.99. The number of nitrogens with zero attached hydrogens (tertiary/aromatic N) is 2. The van der Waals surface area contributed by atoms with Crippen LogP contribution in [-0.2, 0) is 6.42 Å². The van der Waals surface area contributed by atoms with Crippen LogP contribution in [0, 0.1) is 11.7 Å². The van der Waals surface area contributed by atoms with Gasteiger partial charge in [0.1, 0.15) is 5.82 Å². The Bertz CT molecular complexity index is 724. The molecule has 1 atom stereocenters. The molecule has 0 saturated carbocycles. The molecule has 25 heavy (non-hydrogen) atoms. The zero-order valence-electron chi connectivity index (χ0n) is 15.1. The van der Waals surface area contributed by atoms with Crippen molar-refractivity contribution in [3.05, 3.63) is 35.8 Å². The largest absolute Gasteiger partial charge is 0.361 e. The molecule has 2 aromatic rings. The molecule has 1 saturated heterocycles. The average Bonchev–Trinajstić information content (AvgIpc) is 3.00. The zero-order valence-corrected chi connectivity index (χ0v) is 15.1. The highest BCUT2D eigenvalue weighted by atomic mass is 19.1. The molecule has 3 rings (SSSR count). The molecule has 2 heterocycles. The molecule has 6 heteroatoms. The number of halogens is 1. The Morgan fingerprint density at radius 2 is 2.28 bits per heavy atom. The van der Waals surface area contributed by atoms with Gasteiger partial charge in [0.25, 0.3) is 0 Å². The summed E-state index contributed by atoms with van der Waals surface area (Å²) in [5.74, 6) is 1.32. The Kier molecular flexibility index (Phi) is 5.91. The van der Waals surface area contributed by atoms with Gasteiger partial charge in [-0.05, 0) is 62.5 Å². The van der Waals surface area contributed by atoms with Crippen LogP contribution in [0.2, 0.25) is 0 Å². The molecule has 1 aliphatic heterocycles. The molecule has 1 aliphatic rings. The van der Waals surface area contributed by atoms with E-state index < -0.39 is 0 Å². The predicted octanol–water partition coefficient (Wildman–Crippen LogP) is 2.36. The van der Waals surface area contributed by atoms with Gasteiger partial charge in [0.05, 0.1) is 0 Å². The van der Waals surface area contributed by atoms with Crippen LogP contribution in [0.3, 0.4) is 0 Å². The van der Waals surface area contributed by atoms with Gasteiger partial charge < -0.3 is 20.5 Å². The number of fused-ring (bicyclic) bond motifs is 1. The maximum atomic E-state index is 13.3. The lowest BCUT2D eigenvalue weighted by atomic mass is 9.99. The normalized spacial score (nSPS) is 19.3. The Labute approximate surface area is 148 Å². The van der Waals surface area contributed by atoms with Gasteiger partial charge in [-0.25, -0.2) is 4.39 Å². The zero-order chi connectivity index (χ0) is 17.6. The third-order valence-electron chi connectivity index (χ3n) is 4.92. The fraction of sp³-hybridized carbons (Fsp3) is 0.526. The number of guanidine groups is 1. The van der Waals surface area contributed by atoms with Crippen LogP contribution in [0.25, 0.3) is 10.9 Å². The van der Waals surface area contributed by atoms with E-state index in [1.165, 1.54) is 37.1 Å². The lowest BCUT2D eigenvalue weighted by molar-refractivity contribution is 0.210. The number of aromatic nitrogens is 1. The van der Waals surface area contributed by atoms with E-state index in [2.05, 4.69) is 32.6 Å². The number of H-pyrrole nitrogens is 1. The van der Waals surface area contributed by atoms with Crippen molar-refractivity contribution >= 4 is 16.9 Å². The van der Waals surface area contributed by atoms with Crippen LogP contribution in [-0.4, -0.2) is 56.1 Å². The highest BCUT2D eigenvalue weighted by Crippen LogP contribution is 2.19. The second-order valence-corrected chi connectivity index (χ2v) is 6.90. The van der Waals surface area contributed by atoms with Crippen LogP contribution in [0.5, 0.6) is 0 Å². The fourth-order valence-corrected chi connectivity index (χ4v) is 3.58. The molecule has 0 radical (unpaired) electrons. The molecule has 1 aromatic heterocycles. The minimum absolute atomic E-state index is 0.211. The maximum Gasteiger partial charge on any atom is 0.190 e. The summed E-state index contributed by atoms with van der Waals surface area (Å²) < 4.78 is 13.3. The Morgan fingerprint density at radius 1 is 1.40 bits per heavy atom. The van der Waals surface area contributed by atoms with Gasteiger partial charge >= 0.3 is 0 Å². The van der Waals surface area contributed by atoms with E-state index in [9.17, 15) is 4.39 Å². The number of piperidine rings is 1. The summed E-state index contributed by atoms with van der Waals surface area (Å²) in [6.07, 6.45) is 5.37. The van der Waals surface area contributed by atoms with Crippen molar-refractivity contribution in [2.24, 2.45) is 10.9 Å². The van der Waals surface area contributed by atoms with E-state index in [-0.39, 0.29) is 5.82 Å². The third-order valence-corrected chi connectivity index (χ3v) is 4.92. The van der Waals surface area contributed by atoms with Crippen LogP contribution < -0.4 is 10.6 Å². The van der Waals surface area contributed by atoms with Gasteiger partial charge in [-0.15, -0.1) is 0 Å². The predicted molar refractivity (Wildman–Crippen MR) is 102 cm³/mol. The summed E-state index contributed by atoms with van der Waals surface area (Å²) >= 11 is 0. The quantitative estimate of drug-likeness (QED) is 0.576. The van der Waals surface area contributed by atoms with Crippen LogP contribution >= 0.6 is 0 Å². The number of likely N-dealkylation sites (tertiary alicyclic amines) is 1. The highest BCUT2D eigenvalue weighted by molar-refractivity contribution is 5.83. The van der Waals surface area contributed by atoms with E-state index in [4.69, 9.17) is 0 Å². The van der Waals surface area contributed by atoms with Crippen LogP contribution in [0.4, 0.5) is 4.39 Å². The Morgan fingerprint density at radius 3 is 3.08 bits per heavy atom. The monoisotopic (exact) mass is 345 g/mol. The molecule has 1 aromatic carbocycles. The first kappa shape index (κ1) is 17.7. The maximum absolute atomic E-state index is 13.3. The smallest absolute Gasteiger partial charge is 0.190 e. The molecular weight excluding hydrogens is 317 g/mol. The van der Waals surface area contributed by atoms with Crippen molar-refractivity contribution < 1.29 is 4.39 Å². The lowest BCUT2D eigenvalue weighted by Crippen LogP contribution is -2.44. The summed E-state index contributed by atoms with van der Waals surface area (Å²) in [4.78, 5) is 9.84. The molecule has 1 unspecified atom stereocenters. The standard InChI is InChI=1S/C19H28FN5/c1-21-19(24-11-14-4-3-9-25(2)13-14)22-8-7-15-12-23-18-10-16(20)5-6-17(15)18/h5-6,10,12,14,23H,3-4,7-9,11,13H2,1-2H3,(H2,21,22,24). The molecule has 0 aliphatic carbocycles. The van der Waals surface area contributed by atoms with Gasteiger partial charge in [-0.2, -0.15) is 0 Å². The molecule has 0 amide bonds. The van der Waals surface area contributed by atoms with Gasteiger partial charge in [0, 0.05) is 43.8 Å². The molecule has 3 N–H and O–H groups in total. The van der Waals surface area contributed by atoms with Gasteiger partial charge in [0.15, 0.2) is 5.96 Å². The minimum atomic E-state index is -0.211. The van der Waals surface area contributed by atoms with Crippen molar-refractivity contribution in [1.29, 1.82) is 0 Å². The molecular formula is C19H28FN5. The SMILES string of the molecule is CN=C(NCCc1c[nH]c2cc(F)ccc12)NCC1CCCN(C)C1. The summed E-state index contributed by atoms with van der Waals surface area (Å²) in [5.41, 5.74) is 2.03. The number of aliphatic imine (C=N–C) groups is 1. The molecule has 0 spiro atoms. The van der Waals surface area contributed by atoms with Crippen molar-refractivity contribution in [1.82, 2.24) is 20.5 Å². The third kappa shape index (κ3) is 4.72. The van der Waals surface area contributed by atoms with Crippen LogP contribution in [0.1, 0.15) is 18.4 Å². The Hall–Kier alpha value is -2.08. The van der Waals surface area contributed by atoms with Gasteiger partial charge in [-0.3, -0.25) is 4.99 Å². The number of benzene rings is 1. The minimum Gasteiger partial charge on any atom is -0.361 e. The molecule has 5 nitrogen and oxygen atoms in total. The van der Waals surface area contributed by atoms with E-state index in [1.54, 1.807) is 7.05 Å². The van der Waals surface area contributed by atoms with Gasteiger partial charge in [0.2, 0.25) is 0 Å². The number of hydrogen-bond acceptors (Lipinski definition) is 2. The van der Waals surface area contributed by atoms with Crippen molar-refractivity contribution in [2.45, 2.75) is 19.3 Å². The van der Waals surface area contributed by atoms with E-state index in [1.807, 2.05) is 12.3 Å². The van der Waals surface area contributed by atoms with E-state index in [0.717, 1.165) is 42.9 Å². The Balaban J connectivity index is 1.46. The van der Waals surface area contributed by atoms with Crippen LogP contribution in [0.15, 0.2) is 29.4 Å². The van der Waals surface area contributed by atoms with Crippen molar-refractivity contribution in [3.63, 3.8) is 0 Å². The highest BCUT2D eigenvalue weighted by Gasteiger charge is 2.17. The number of rotatable bonds is 5. The first-order valence-corrected chi connectivity index (χ1v) is 9.04. The summed E-state index contributed by atoms with van der Waals surface area (Å²) in [5, 5.41) is 7.89. The second kappa shape index (κ2) is 8.34. The molecule has 136 valence electrons. The first-order chi connectivity index (χ1) is 12.2. The van der Waals surface area contributed by atoms with Crippen molar-refractivity contribution in [3.8, 4) is 0 Å². The number of hydrogen-bond donors (Lipinski definition) is 3. The second-order valence-electron chi connectivity index (χ2n) is 6.90. The van der Waals surface area contributed by atoms with Gasteiger partial charge in [-0.1, -0.05) is 0 Å². The van der Waals surface area contributed by atoms with Crippen molar-refractivity contribution in [2.75, 3.05) is 40.3 Å². The summed E-state index contributed by atoms with van der Waals surface area (Å²) in [6, 6.07) is 4.88. The average molecular weight is 345 g/mol. The van der Waals surface area contributed by atoms with E-state index in [0.29, 0.717) is 5.92 Å². The summed E-state index contributed by atoms with van der Waals surface area (Å²) in [6.45, 7) is 4.10. The fourth-order valence-electron chi connectivity index (χ4n) is 3.58. The molecule has 1 fully saturated rings. The first-order valence-electron chi connectivity index (χ1n) is 9.04. The lowest BCUT2D eigenvalue weighted by Gasteiger charge is -2.30. The number of aromatic amines is 1. The number of nitrogens with one attached hydrogen (secondary N) is 3. The molecule has 0 bridgehead atoms. The van der Waals surface area contributed by atoms with E-state index >= 15 is 0 Å².